The van der Waals surface area contributed by atoms with Crippen LogP contribution in [0.1, 0.15) is 18.1 Å². The molecule has 4 aromatic rings. The van der Waals surface area contributed by atoms with Crippen molar-refractivity contribution in [2.75, 3.05) is 16.4 Å². The lowest BCUT2D eigenvalue weighted by molar-refractivity contribution is -0.114. The second kappa shape index (κ2) is 10.6. The van der Waals surface area contributed by atoms with Crippen molar-refractivity contribution < 1.29 is 9.59 Å². The first-order chi connectivity index (χ1) is 16.1. The minimum absolute atomic E-state index is 0.144. The predicted octanol–water partition coefficient (Wildman–Crippen LogP) is 3.94. The number of nitrogens with one attached hydrogen (secondary N) is 2. The Morgan fingerprint density at radius 3 is 2.55 bits per heavy atom. The van der Waals surface area contributed by atoms with Crippen molar-refractivity contribution in [3.8, 4) is 5.69 Å². The Balaban J connectivity index is 1.41. The zero-order valence-electron chi connectivity index (χ0n) is 17.9. The van der Waals surface area contributed by atoms with Gasteiger partial charge in [0.15, 0.2) is 0 Å². The van der Waals surface area contributed by atoms with Gasteiger partial charge in [-0.25, -0.2) is 0 Å². The van der Waals surface area contributed by atoms with Crippen LogP contribution in [0.15, 0.2) is 84.0 Å². The molecule has 4 rings (SSSR count). The van der Waals surface area contributed by atoms with Crippen LogP contribution in [0.3, 0.4) is 0 Å². The molecule has 0 atom stereocenters. The predicted molar refractivity (Wildman–Crippen MR) is 129 cm³/mol. The number of hydrogen-bond acceptors (Lipinski definition) is 6. The van der Waals surface area contributed by atoms with Gasteiger partial charge in [0.1, 0.15) is 0 Å². The fraction of sp³-hybridized carbons (Fsp3) is 0.125. The van der Waals surface area contributed by atoms with Crippen LogP contribution in [-0.4, -0.2) is 37.8 Å². The Kier molecular flexibility index (Phi) is 7.11. The number of aromatic nitrogens is 4. The lowest BCUT2D eigenvalue weighted by atomic mass is 10.0. The molecule has 0 saturated heterocycles. The first-order valence-corrected chi connectivity index (χ1v) is 11.3. The number of rotatable bonds is 8. The van der Waals surface area contributed by atoms with Crippen molar-refractivity contribution in [1.82, 2.24) is 20.2 Å². The van der Waals surface area contributed by atoms with E-state index in [1.165, 1.54) is 28.9 Å². The number of amides is 2. The molecule has 3 aromatic carbocycles. The van der Waals surface area contributed by atoms with Gasteiger partial charge in [0.25, 0.3) is 0 Å². The number of thioether (sulfide) groups is 1. The summed E-state index contributed by atoms with van der Waals surface area (Å²) in [4.78, 5) is 24.0. The maximum atomic E-state index is 12.7. The number of para-hydroxylation sites is 1. The zero-order valence-corrected chi connectivity index (χ0v) is 18.7. The van der Waals surface area contributed by atoms with Gasteiger partial charge >= 0.3 is 0 Å². The molecule has 0 fully saturated rings. The number of tetrazole rings is 1. The molecule has 0 radical (unpaired) electrons. The molecule has 0 unspecified atom stereocenters. The van der Waals surface area contributed by atoms with Gasteiger partial charge < -0.3 is 10.6 Å². The summed E-state index contributed by atoms with van der Waals surface area (Å²) < 4.78 is 1.53. The third kappa shape index (κ3) is 6.05. The van der Waals surface area contributed by atoms with E-state index in [9.17, 15) is 9.59 Å². The average molecular weight is 459 g/mol. The molecule has 2 N–H and O–H groups in total. The van der Waals surface area contributed by atoms with Gasteiger partial charge in [-0.1, -0.05) is 66.4 Å². The molecular formula is C24H22N6O2S. The molecule has 0 aliphatic rings. The van der Waals surface area contributed by atoms with Crippen LogP contribution >= 0.6 is 11.8 Å². The Labute approximate surface area is 195 Å². The highest BCUT2D eigenvalue weighted by Crippen LogP contribution is 2.22. The van der Waals surface area contributed by atoms with Crippen LogP contribution < -0.4 is 10.6 Å². The molecule has 2 amide bonds. The lowest BCUT2D eigenvalue weighted by Crippen LogP contribution is -2.16. The Morgan fingerprint density at radius 2 is 1.73 bits per heavy atom. The van der Waals surface area contributed by atoms with Crippen molar-refractivity contribution in [3.05, 3.63) is 90.0 Å². The Bertz CT molecular complexity index is 1260. The second-order valence-electron chi connectivity index (χ2n) is 7.26. The van der Waals surface area contributed by atoms with Crippen molar-refractivity contribution in [2.24, 2.45) is 0 Å². The van der Waals surface area contributed by atoms with Crippen LogP contribution in [0.5, 0.6) is 0 Å². The summed E-state index contributed by atoms with van der Waals surface area (Å²) in [7, 11) is 0. The highest BCUT2D eigenvalue weighted by atomic mass is 32.2. The van der Waals surface area contributed by atoms with Gasteiger partial charge in [-0.15, -0.1) is 5.10 Å². The van der Waals surface area contributed by atoms with Crippen molar-refractivity contribution >= 4 is 35.0 Å². The summed E-state index contributed by atoms with van der Waals surface area (Å²) in [6, 6.07) is 25.1. The summed E-state index contributed by atoms with van der Waals surface area (Å²) in [5.41, 5.74) is 4.33. The van der Waals surface area contributed by atoms with Gasteiger partial charge in [0.2, 0.25) is 17.0 Å². The number of benzene rings is 3. The molecule has 0 saturated carbocycles. The number of carbonyl (C=O) groups excluding carboxylic acids is 2. The average Bonchev–Trinajstić information content (AvgIpc) is 3.28. The van der Waals surface area contributed by atoms with Gasteiger partial charge in [0.05, 0.1) is 11.4 Å². The number of carbonyl (C=O) groups is 2. The third-order valence-corrected chi connectivity index (χ3v) is 5.63. The normalized spacial score (nSPS) is 10.6. The minimum Gasteiger partial charge on any atom is -0.326 e. The van der Waals surface area contributed by atoms with Gasteiger partial charge in [0, 0.05) is 18.3 Å². The quantitative estimate of drug-likeness (QED) is 0.388. The lowest BCUT2D eigenvalue weighted by Gasteiger charge is -2.11. The van der Waals surface area contributed by atoms with E-state index in [2.05, 4.69) is 38.3 Å². The third-order valence-electron chi connectivity index (χ3n) is 4.71. The van der Waals surface area contributed by atoms with E-state index in [-0.39, 0.29) is 17.6 Å². The largest absolute Gasteiger partial charge is 0.326 e. The molecule has 0 spiro atoms. The molecule has 0 bridgehead atoms. The molecule has 1 heterocycles. The molecule has 33 heavy (non-hydrogen) atoms. The van der Waals surface area contributed by atoms with E-state index in [1.807, 2.05) is 48.5 Å². The summed E-state index contributed by atoms with van der Waals surface area (Å²) >= 11 is 1.23. The van der Waals surface area contributed by atoms with E-state index in [0.717, 1.165) is 17.7 Å². The summed E-state index contributed by atoms with van der Waals surface area (Å²) in [5, 5.41) is 18.0. The van der Waals surface area contributed by atoms with Crippen LogP contribution in [-0.2, 0) is 16.0 Å². The molecule has 0 aliphatic heterocycles. The van der Waals surface area contributed by atoms with Gasteiger partial charge in [-0.05, 0) is 52.2 Å². The van der Waals surface area contributed by atoms with E-state index in [0.29, 0.717) is 16.5 Å². The van der Waals surface area contributed by atoms with Crippen molar-refractivity contribution in [2.45, 2.75) is 18.5 Å². The Morgan fingerprint density at radius 1 is 0.939 bits per heavy atom. The van der Waals surface area contributed by atoms with Crippen LogP contribution in [0, 0.1) is 0 Å². The van der Waals surface area contributed by atoms with Crippen LogP contribution in [0.2, 0.25) is 0 Å². The molecule has 9 heteroatoms. The van der Waals surface area contributed by atoms with Gasteiger partial charge in [-0.3, -0.25) is 9.59 Å². The van der Waals surface area contributed by atoms with Gasteiger partial charge in [-0.2, -0.15) is 4.68 Å². The zero-order chi connectivity index (χ0) is 23.0. The van der Waals surface area contributed by atoms with E-state index >= 15 is 0 Å². The van der Waals surface area contributed by atoms with Crippen LogP contribution in [0.25, 0.3) is 5.69 Å². The van der Waals surface area contributed by atoms with E-state index in [1.54, 1.807) is 18.2 Å². The fourth-order valence-corrected chi connectivity index (χ4v) is 3.97. The first-order valence-electron chi connectivity index (χ1n) is 10.3. The fourth-order valence-electron chi connectivity index (χ4n) is 3.28. The first kappa shape index (κ1) is 22.2. The maximum Gasteiger partial charge on any atom is 0.234 e. The highest BCUT2D eigenvalue weighted by Gasteiger charge is 2.13. The summed E-state index contributed by atoms with van der Waals surface area (Å²) in [5.74, 6) is -0.171. The number of anilines is 2. The monoisotopic (exact) mass is 458 g/mol. The highest BCUT2D eigenvalue weighted by molar-refractivity contribution is 7.99. The molecule has 8 nitrogen and oxygen atoms in total. The van der Waals surface area contributed by atoms with Crippen molar-refractivity contribution in [3.63, 3.8) is 0 Å². The summed E-state index contributed by atoms with van der Waals surface area (Å²) in [6.45, 7) is 1.45. The SMILES string of the molecule is CC(=O)Nc1cccc(-n2nnnc2SCC(=O)Nc2ccccc2Cc2ccccc2)c1. The molecule has 0 aliphatic carbocycles. The standard InChI is InChI=1S/C24H22N6O2S/c1-17(31)25-20-11-7-12-21(15-20)30-24(27-28-29-30)33-16-23(32)26-22-13-6-5-10-19(22)14-18-8-3-2-4-9-18/h2-13,15H,14,16H2,1H3,(H,25,31)(H,26,32). The minimum atomic E-state index is -0.164. The number of nitrogens with zero attached hydrogens (tertiary/aromatic N) is 4. The molecule has 166 valence electrons. The maximum absolute atomic E-state index is 12.7. The molecular weight excluding hydrogens is 436 g/mol. The second-order valence-corrected chi connectivity index (χ2v) is 8.20. The summed E-state index contributed by atoms with van der Waals surface area (Å²) in [6.07, 6.45) is 0.729. The van der Waals surface area contributed by atoms with E-state index in [4.69, 9.17) is 0 Å². The smallest absolute Gasteiger partial charge is 0.234 e. The Hall–Kier alpha value is -3.98. The number of hydrogen-bond donors (Lipinski definition) is 2. The van der Waals surface area contributed by atoms with Crippen molar-refractivity contribution in [1.29, 1.82) is 0 Å². The van der Waals surface area contributed by atoms with E-state index < -0.39 is 0 Å². The molecule has 1 aromatic heterocycles. The van der Waals surface area contributed by atoms with Crippen LogP contribution in [0.4, 0.5) is 11.4 Å². The topological polar surface area (TPSA) is 102 Å².